The van der Waals surface area contributed by atoms with Crippen molar-refractivity contribution >= 4 is 51.9 Å². The lowest BCUT2D eigenvalue weighted by molar-refractivity contribution is 0.112. The van der Waals surface area contributed by atoms with Crippen molar-refractivity contribution in [2.75, 3.05) is 11.6 Å². The Morgan fingerprint density at radius 3 is 2.32 bits per heavy atom. The summed E-state index contributed by atoms with van der Waals surface area (Å²) in [5.41, 5.74) is 1.16. The highest BCUT2D eigenvalue weighted by atomic mass is 35.5. The minimum absolute atomic E-state index is 0.0918. The molecule has 3 aromatic rings. The number of rotatable bonds is 5. The minimum atomic E-state index is -1.06. The minimum Gasteiger partial charge on any atom is -0.419 e. The van der Waals surface area contributed by atoms with Gasteiger partial charge >= 0.3 is 0 Å². The molecule has 0 aliphatic carbocycles. The Balaban J connectivity index is 1.96. The van der Waals surface area contributed by atoms with Crippen LogP contribution < -0.4 is 5.32 Å². The van der Waals surface area contributed by atoms with Crippen molar-refractivity contribution in [1.82, 2.24) is 4.98 Å². The van der Waals surface area contributed by atoms with Gasteiger partial charge in [0.05, 0.1) is 15.6 Å². The summed E-state index contributed by atoms with van der Waals surface area (Å²) in [6.45, 7) is 0. The molecule has 5 nitrogen and oxygen atoms in total. The quantitative estimate of drug-likeness (QED) is 0.620. The molecule has 1 atom stereocenters. The molecule has 0 saturated heterocycles. The smallest absolute Gasteiger partial charge is 0.232 e. The van der Waals surface area contributed by atoms with Gasteiger partial charge in [-0.1, -0.05) is 29.3 Å². The Labute approximate surface area is 156 Å². The second kappa shape index (κ2) is 7.39. The van der Waals surface area contributed by atoms with E-state index in [0.717, 1.165) is 0 Å². The molecule has 0 amide bonds. The average Bonchev–Trinajstić information content (AvgIpc) is 2.97. The van der Waals surface area contributed by atoms with Crippen LogP contribution in [0.5, 0.6) is 0 Å². The number of aromatic nitrogens is 1. The van der Waals surface area contributed by atoms with E-state index in [2.05, 4.69) is 10.3 Å². The van der Waals surface area contributed by atoms with Gasteiger partial charge in [-0.25, -0.2) is 4.98 Å². The van der Waals surface area contributed by atoms with Crippen molar-refractivity contribution in [3.05, 3.63) is 58.2 Å². The summed E-state index contributed by atoms with van der Waals surface area (Å²) < 4.78 is 17.1. The molecule has 0 saturated carbocycles. The number of carbonyl (C=O) groups excluding carboxylic acids is 1. The number of anilines is 2. The van der Waals surface area contributed by atoms with E-state index in [9.17, 15) is 9.00 Å². The Morgan fingerprint density at radius 2 is 1.76 bits per heavy atom. The molecule has 3 rings (SSSR count). The van der Waals surface area contributed by atoms with Crippen molar-refractivity contribution in [1.29, 1.82) is 0 Å². The number of hydrogen-bond donors (Lipinski definition) is 1. The fourth-order valence-electron chi connectivity index (χ4n) is 2.17. The lowest BCUT2D eigenvalue weighted by Crippen LogP contribution is -1.94. The molecule has 0 aliphatic heterocycles. The second-order valence-electron chi connectivity index (χ2n) is 5.05. The zero-order valence-electron chi connectivity index (χ0n) is 13.0. The van der Waals surface area contributed by atoms with E-state index in [4.69, 9.17) is 27.6 Å². The van der Waals surface area contributed by atoms with Crippen LogP contribution in [0.3, 0.4) is 0 Å². The summed E-state index contributed by atoms with van der Waals surface area (Å²) in [6, 6.07) is 11.9. The first kappa shape index (κ1) is 17.7. The number of carbonyl (C=O) groups is 1. The van der Waals surface area contributed by atoms with Crippen LogP contribution in [0.1, 0.15) is 10.5 Å². The van der Waals surface area contributed by atoms with E-state index >= 15 is 0 Å². The first-order valence-corrected chi connectivity index (χ1v) is 9.42. The number of oxazole rings is 1. The van der Waals surface area contributed by atoms with E-state index in [-0.39, 0.29) is 17.5 Å². The molecule has 25 heavy (non-hydrogen) atoms. The number of nitrogens with zero attached hydrogens (tertiary/aromatic N) is 1. The second-order valence-corrected chi connectivity index (χ2v) is 7.25. The van der Waals surface area contributed by atoms with Crippen molar-refractivity contribution in [3.8, 4) is 11.5 Å². The maximum Gasteiger partial charge on any atom is 0.232 e. The molecule has 1 heterocycles. The summed E-state index contributed by atoms with van der Waals surface area (Å²) in [7, 11) is -1.06. The molecule has 0 aliphatic rings. The van der Waals surface area contributed by atoms with E-state index in [1.165, 1.54) is 0 Å². The van der Waals surface area contributed by atoms with Crippen LogP contribution in [0.15, 0.2) is 51.8 Å². The number of hydrogen-bond acceptors (Lipinski definition) is 5. The number of halogens is 2. The highest BCUT2D eigenvalue weighted by Gasteiger charge is 2.19. The van der Waals surface area contributed by atoms with Gasteiger partial charge in [-0.05, 0) is 36.4 Å². The number of benzene rings is 2. The molecule has 1 aromatic heterocycles. The van der Waals surface area contributed by atoms with E-state index in [0.29, 0.717) is 32.5 Å². The molecule has 0 radical (unpaired) electrons. The maximum absolute atomic E-state index is 11.4. The van der Waals surface area contributed by atoms with Gasteiger partial charge in [0.2, 0.25) is 11.8 Å². The largest absolute Gasteiger partial charge is 0.419 e. The van der Waals surface area contributed by atoms with Crippen LogP contribution in [0.2, 0.25) is 10.0 Å². The number of nitrogens with one attached hydrogen (secondary N) is 1. The zero-order valence-corrected chi connectivity index (χ0v) is 15.3. The molecule has 1 N–H and O–H groups in total. The highest BCUT2D eigenvalue weighted by Crippen LogP contribution is 2.36. The van der Waals surface area contributed by atoms with Gasteiger partial charge < -0.3 is 9.73 Å². The number of aldehydes is 1. The van der Waals surface area contributed by atoms with E-state index in [1.807, 2.05) is 0 Å². The normalized spacial score (nSPS) is 12.0. The Hall–Kier alpha value is -2.15. The van der Waals surface area contributed by atoms with Crippen LogP contribution in [0.4, 0.5) is 11.6 Å². The predicted molar refractivity (Wildman–Crippen MR) is 99.4 cm³/mol. The Bertz CT molecular complexity index is 935. The summed E-state index contributed by atoms with van der Waals surface area (Å²) in [6.07, 6.45) is 2.18. The fraction of sp³-hybridized carbons (Fsp3) is 0.0588. The lowest BCUT2D eigenvalue weighted by Gasteiger charge is -2.04. The predicted octanol–water partition coefficient (Wildman–Crippen LogP) is 4.94. The average molecular weight is 395 g/mol. The van der Waals surface area contributed by atoms with E-state index in [1.54, 1.807) is 48.7 Å². The molecule has 0 spiro atoms. The fourth-order valence-corrected chi connectivity index (χ4v) is 3.25. The SMILES string of the molecule is CS(=O)c1ccc(Nc2oc(-c3c(Cl)cccc3Cl)nc2C=O)cc1. The molecule has 1 unspecified atom stereocenters. The van der Waals surface area contributed by atoms with Gasteiger partial charge in [-0.3, -0.25) is 9.00 Å². The van der Waals surface area contributed by atoms with Crippen molar-refractivity contribution in [2.45, 2.75) is 4.90 Å². The summed E-state index contributed by atoms with van der Waals surface area (Å²) in [5.74, 6) is 0.317. The van der Waals surface area contributed by atoms with Gasteiger partial charge in [-0.15, -0.1) is 0 Å². The Kier molecular flexibility index (Phi) is 5.22. The van der Waals surface area contributed by atoms with Crippen LogP contribution in [-0.2, 0) is 10.8 Å². The summed E-state index contributed by atoms with van der Waals surface area (Å²) >= 11 is 12.3. The van der Waals surface area contributed by atoms with Crippen LogP contribution in [0, 0.1) is 0 Å². The highest BCUT2D eigenvalue weighted by molar-refractivity contribution is 7.84. The van der Waals surface area contributed by atoms with Crippen LogP contribution in [0.25, 0.3) is 11.5 Å². The molecule has 8 heteroatoms. The van der Waals surface area contributed by atoms with Crippen molar-refractivity contribution < 1.29 is 13.4 Å². The topological polar surface area (TPSA) is 72.2 Å². The third-order valence-electron chi connectivity index (χ3n) is 3.39. The van der Waals surface area contributed by atoms with Crippen molar-refractivity contribution in [2.24, 2.45) is 0 Å². The van der Waals surface area contributed by atoms with Gasteiger partial charge in [0.15, 0.2) is 12.0 Å². The van der Waals surface area contributed by atoms with Crippen molar-refractivity contribution in [3.63, 3.8) is 0 Å². The molecular weight excluding hydrogens is 383 g/mol. The monoisotopic (exact) mass is 394 g/mol. The lowest BCUT2D eigenvalue weighted by atomic mass is 10.2. The van der Waals surface area contributed by atoms with E-state index < -0.39 is 10.8 Å². The van der Waals surface area contributed by atoms with Gasteiger partial charge in [-0.2, -0.15) is 0 Å². The molecule has 0 fully saturated rings. The third kappa shape index (κ3) is 3.76. The zero-order chi connectivity index (χ0) is 18.0. The molecule has 128 valence electrons. The van der Waals surface area contributed by atoms with Gasteiger partial charge in [0, 0.05) is 27.6 Å². The van der Waals surface area contributed by atoms with Crippen LogP contribution in [-0.4, -0.2) is 21.7 Å². The third-order valence-corrected chi connectivity index (χ3v) is 4.95. The first-order chi connectivity index (χ1) is 12.0. The Morgan fingerprint density at radius 1 is 1.12 bits per heavy atom. The van der Waals surface area contributed by atoms with Gasteiger partial charge in [0.1, 0.15) is 0 Å². The molecular formula is C17H12Cl2N2O3S. The summed E-state index contributed by atoms with van der Waals surface area (Å²) in [5, 5.41) is 3.71. The maximum atomic E-state index is 11.4. The van der Waals surface area contributed by atoms with Gasteiger partial charge in [0.25, 0.3) is 0 Å². The van der Waals surface area contributed by atoms with Crippen LogP contribution >= 0.6 is 23.2 Å². The standard InChI is InChI=1S/C17H12Cl2N2O3S/c1-25(23)11-7-5-10(6-8-11)20-16-14(9-22)21-17(24-16)15-12(18)3-2-4-13(15)19/h2-9,20H,1H3. The molecule has 0 bridgehead atoms. The molecule has 2 aromatic carbocycles. The first-order valence-electron chi connectivity index (χ1n) is 7.10. The summed E-state index contributed by atoms with van der Waals surface area (Å²) in [4.78, 5) is 16.2.